The number of non-ortho nitro benzene ring substituents is 1. The highest BCUT2D eigenvalue weighted by Crippen LogP contribution is 2.21. The summed E-state index contributed by atoms with van der Waals surface area (Å²) >= 11 is 0. The van der Waals surface area contributed by atoms with Gasteiger partial charge in [0.1, 0.15) is 11.7 Å². The maximum absolute atomic E-state index is 12.9. The molecule has 0 bridgehead atoms. The van der Waals surface area contributed by atoms with Crippen LogP contribution >= 0.6 is 0 Å². The van der Waals surface area contributed by atoms with Crippen LogP contribution in [0.5, 0.6) is 0 Å². The van der Waals surface area contributed by atoms with Gasteiger partial charge in [0, 0.05) is 49.4 Å². The lowest BCUT2D eigenvalue weighted by Crippen LogP contribution is -2.56. The first-order valence-electron chi connectivity index (χ1n) is 10.5. The molecule has 3 aromatic rings. The number of anilines is 1. The number of hydrogen-bond acceptors (Lipinski definition) is 7. The average Bonchev–Trinajstić information content (AvgIpc) is 2.86. The predicted octanol–water partition coefficient (Wildman–Crippen LogP) is 1.58. The van der Waals surface area contributed by atoms with Crippen LogP contribution in [0, 0.1) is 10.1 Å². The molecule has 33 heavy (non-hydrogen) atoms. The maximum Gasteiger partial charge on any atom is 0.270 e. The molecule has 1 fully saturated rings. The molecule has 10 nitrogen and oxygen atoms in total. The van der Waals surface area contributed by atoms with Crippen LogP contribution in [0.1, 0.15) is 10.5 Å². The third kappa shape index (κ3) is 4.90. The fraction of sp³-hybridized carbons (Fsp3) is 0.261. The maximum atomic E-state index is 12.9. The van der Waals surface area contributed by atoms with E-state index in [1.165, 1.54) is 12.1 Å². The van der Waals surface area contributed by atoms with E-state index in [9.17, 15) is 24.8 Å². The monoisotopic (exact) mass is 449 g/mol. The fourth-order valence-electron chi connectivity index (χ4n) is 3.80. The van der Waals surface area contributed by atoms with Gasteiger partial charge in [-0.25, -0.2) is 4.98 Å². The average molecular weight is 449 g/mol. The second-order valence-electron chi connectivity index (χ2n) is 7.68. The van der Waals surface area contributed by atoms with E-state index in [1.54, 1.807) is 35.2 Å². The first-order chi connectivity index (χ1) is 16.0. The molecule has 2 heterocycles. The molecule has 1 aliphatic rings. The van der Waals surface area contributed by atoms with Gasteiger partial charge in [-0.15, -0.1) is 0 Å². The Hall–Kier alpha value is -4.05. The third-order valence-corrected chi connectivity index (χ3v) is 5.63. The van der Waals surface area contributed by atoms with E-state index in [4.69, 9.17) is 0 Å². The van der Waals surface area contributed by atoms with Crippen LogP contribution in [0.3, 0.4) is 0 Å². The number of fused-ring (bicyclic) bond motifs is 1. The zero-order valence-electron chi connectivity index (χ0n) is 17.8. The molecule has 0 aliphatic carbocycles. The summed E-state index contributed by atoms with van der Waals surface area (Å²) in [4.78, 5) is 43.9. The summed E-state index contributed by atoms with van der Waals surface area (Å²) in [7, 11) is 0. The topological polar surface area (TPSA) is 129 Å². The zero-order valence-corrected chi connectivity index (χ0v) is 17.8. The van der Waals surface area contributed by atoms with Gasteiger partial charge in [0.15, 0.2) is 0 Å². The van der Waals surface area contributed by atoms with E-state index in [0.717, 1.165) is 11.1 Å². The van der Waals surface area contributed by atoms with Crippen molar-refractivity contribution in [2.24, 2.45) is 0 Å². The number of nitro groups is 1. The van der Waals surface area contributed by atoms with Crippen LogP contribution in [-0.2, 0) is 4.79 Å². The number of nitrogens with one attached hydrogen (secondary N) is 1. The van der Waals surface area contributed by atoms with E-state index < -0.39 is 23.5 Å². The molecular formula is C23H23N5O5. The normalized spacial score (nSPS) is 14.7. The van der Waals surface area contributed by atoms with Gasteiger partial charge in [0.05, 0.1) is 17.0 Å². The van der Waals surface area contributed by atoms with Crippen LogP contribution < -0.4 is 10.2 Å². The van der Waals surface area contributed by atoms with E-state index in [1.807, 2.05) is 23.1 Å². The molecule has 4 rings (SSSR count). The Labute approximate surface area is 189 Å². The van der Waals surface area contributed by atoms with Gasteiger partial charge in [-0.3, -0.25) is 19.7 Å². The number of para-hydroxylation sites is 1. The minimum Gasteiger partial charge on any atom is -0.394 e. The number of carbonyl (C=O) groups is 2. The fourth-order valence-corrected chi connectivity index (χ4v) is 3.80. The standard InChI is InChI=1S/C23H23N5O5/c29-15-21(25-22(30)20-10-5-16-3-1-2-4-19(16)24-20)23(31)27-13-11-26(12-14-27)17-6-8-18(9-7-17)28(32)33/h1-10,21,29H,11-15H2,(H,25,30). The smallest absolute Gasteiger partial charge is 0.270 e. The zero-order chi connectivity index (χ0) is 23.4. The number of pyridine rings is 1. The minimum atomic E-state index is -1.07. The Morgan fingerprint density at radius 2 is 1.73 bits per heavy atom. The molecule has 170 valence electrons. The number of piperazine rings is 1. The van der Waals surface area contributed by atoms with E-state index in [-0.39, 0.29) is 17.3 Å². The van der Waals surface area contributed by atoms with Crippen molar-refractivity contribution >= 4 is 34.1 Å². The molecule has 1 aliphatic heterocycles. The minimum absolute atomic E-state index is 0.0231. The predicted molar refractivity (Wildman–Crippen MR) is 122 cm³/mol. The summed E-state index contributed by atoms with van der Waals surface area (Å²) in [6.45, 7) is 1.33. The summed E-state index contributed by atoms with van der Waals surface area (Å²) in [5, 5.41) is 24.0. The molecule has 2 N–H and O–H groups in total. The lowest BCUT2D eigenvalue weighted by molar-refractivity contribution is -0.384. The quantitative estimate of drug-likeness (QED) is 0.432. The van der Waals surface area contributed by atoms with Gasteiger partial charge in [-0.05, 0) is 24.3 Å². The van der Waals surface area contributed by atoms with Crippen molar-refractivity contribution in [2.45, 2.75) is 6.04 Å². The van der Waals surface area contributed by atoms with Gasteiger partial charge in [-0.1, -0.05) is 24.3 Å². The molecule has 2 amide bonds. The molecule has 0 spiro atoms. The number of aliphatic hydroxyl groups excluding tert-OH is 1. The molecule has 2 aromatic carbocycles. The third-order valence-electron chi connectivity index (χ3n) is 5.63. The van der Waals surface area contributed by atoms with Crippen LogP contribution in [-0.4, -0.2) is 70.6 Å². The first kappa shape index (κ1) is 22.2. The second-order valence-corrected chi connectivity index (χ2v) is 7.68. The number of hydrogen-bond donors (Lipinski definition) is 2. The summed E-state index contributed by atoms with van der Waals surface area (Å²) in [5.74, 6) is -0.896. The molecular weight excluding hydrogens is 426 g/mol. The lowest BCUT2D eigenvalue weighted by Gasteiger charge is -2.37. The van der Waals surface area contributed by atoms with Crippen molar-refractivity contribution in [1.82, 2.24) is 15.2 Å². The highest BCUT2D eigenvalue weighted by atomic mass is 16.6. The summed E-state index contributed by atoms with van der Waals surface area (Å²) in [6, 6.07) is 16.0. The van der Waals surface area contributed by atoms with Gasteiger partial charge in [0.2, 0.25) is 5.91 Å². The number of nitrogens with zero attached hydrogens (tertiary/aromatic N) is 4. The Bertz CT molecular complexity index is 1180. The Balaban J connectivity index is 1.36. The van der Waals surface area contributed by atoms with Crippen molar-refractivity contribution in [3.8, 4) is 0 Å². The molecule has 0 radical (unpaired) electrons. The molecule has 10 heteroatoms. The van der Waals surface area contributed by atoms with Gasteiger partial charge in [0.25, 0.3) is 11.6 Å². The Kier molecular flexibility index (Phi) is 6.45. The number of rotatable bonds is 6. The number of aromatic nitrogens is 1. The summed E-state index contributed by atoms with van der Waals surface area (Å²) in [6.07, 6.45) is 0. The highest BCUT2D eigenvalue weighted by Gasteiger charge is 2.29. The number of carbonyl (C=O) groups excluding carboxylic acids is 2. The van der Waals surface area contributed by atoms with Gasteiger partial charge in [-0.2, -0.15) is 0 Å². The molecule has 1 saturated heterocycles. The van der Waals surface area contributed by atoms with Crippen LogP contribution in [0.25, 0.3) is 10.9 Å². The van der Waals surface area contributed by atoms with Crippen LogP contribution in [0.2, 0.25) is 0 Å². The Morgan fingerprint density at radius 1 is 1.03 bits per heavy atom. The number of aliphatic hydroxyl groups is 1. The number of amides is 2. The van der Waals surface area contributed by atoms with Gasteiger partial charge < -0.3 is 20.2 Å². The summed E-state index contributed by atoms with van der Waals surface area (Å²) < 4.78 is 0. The van der Waals surface area contributed by atoms with Crippen molar-refractivity contribution in [1.29, 1.82) is 0 Å². The Morgan fingerprint density at radius 3 is 2.39 bits per heavy atom. The van der Waals surface area contributed by atoms with Crippen LogP contribution in [0.4, 0.5) is 11.4 Å². The van der Waals surface area contributed by atoms with E-state index in [2.05, 4.69) is 10.3 Å². The molecule has 1 aromatic heterocycles. The molecule has 1 unspecified atom stereocenters. The van der Waals surface area contributed by atoms with E-state index >= 15 is 0 Å². The van der Waals surface area contributed by atoms with E-state index in [0.29, 0.717) is 31.7 Å². The van der Waals surface area contributed by atoms with Crippen LogP contribution in [0.15, 0.2) is 60.7 Å². The second kappa shape index (κ2) is 9.61. The summed E-state index contributed by atoms with van der Waals surface area (Å²) in [5.41, 5.74) is 1.69. The van der Waals surface area contributed by atoms with Crippen molar-refractivity contribution < 1.29 is 19.6 Å². The largest absolute Gasteiger partial charge is 0.394 e. The SMILES string of the molecule is O=C(NC(CO)C(=O)N1CCN(c2ccc([N+](=O)[O-])cc2)CC1)c1ccc2ccccc2n1. The number of nitro benzene ring substituents is 1. The van der Waals surface area contributed by atoms with Crippen molar-refractivity contribution in [3.05, 3.63) is 76.5 Å². The number of benzene rings is 2. The first-order valence-corrected chi connectivity index (χ1v) is 10.5. The highest BCUT2D eigenvalue weighted by molar-refractivity contribution is 5.97. The van der Waals surface area contributed by atoms with Crippen molar-refractivity contribution in [3.63, 3.8) is 0 Å². The molecule has 0 saturated carbocycles. The van der Waals surface area contributed by atoms with Crippen molar-refractivity contribution in [2.75, 3.05) is 37.7 Å². The van der Waals surface area contributed by atoms with Gasteiger partial charge >= 0.3 is 0 Å². The molecule has 1 atom stereocenters. The lowest BCUT2D eigenvalue weighted by atomic mass is 10.1.